The summed E-state index contributed by atoms with van der Waals surface area (Å²) in [5.74, 6) is 0. The Labute approximate surface area is 99.5 Å². The first-order valence-corrected chi connectivity index (χ1v) is 7.82. The molecule has 2 N–H and O–H groups in total. The molecule has 1 saturated carbocycles. The fourth-order valence-corrected chi connectivity index (χ4v) is 3.75. The van der Waals surface area contributed by atoms with Gasteiger partial charge >= 0.3 is 0 Å². The van der Waals surface area contributed by atoms with Crippen LogP contribution < -0.4 is 4.72 Å². The van der Waals surface area contributed by atoms with Crippen LogP contribution in [-0.2, 0) is 10.0 Å². The van der Waals surface area contributed by atoms with Crippen LogP contribution in [0.2, 0.25) is 0 Å². The Bertz CT molecular complexity index is 432. The highest BCUT2D eigenvalue weighted by Crippen LogP contribution is 2.42. The van der Waals surface area contributed by atoms with E-state index in [1.165, 1.54) is 18.9 Å². The van der Waals surface area contributed by atoms with Crippen molar-refractivity contribution in [1.82, 2.24) is 14.7 Å². The van der Waals surface area contributed by atoms with E-state index >= 15 is 0 Å². The third kappa shape index (κ3) is 2.26. The maximum absolute atomic E-state index is 11.8. The van der Waals surface area contributed by atoms with Crippen LogP contribution in [0.3, 0.4) is 0 Å². The van der Waals surface area contributed by atoms with Gasteiger partial charge in [-0.2, -0.15) is 11.8 Å². The maximum Gasteiger partial charge on any atom is 0.257 e. The van der Waals surface area contributed by atoms with Crippen LogP contribution in [0.1, 0.15) is 19.3 Å². The minimum Gasteiger partial charge on any atom is -0.335 e. The highest BCUT2D eigenvalue weighted by atomic mass is 32.2. The summed E-state index contributed by atoms with van der Waals surface area (Å²) in [6, 6.07) is 0. The Morgan fingerprint density at radius 1 is 1.62 bits per heavy atom. The maximum atomic E-state index is 11.8. The zero-order valence-electron chi connectivity index (χ0n) is 9.06. The van der Waals surface area contributed by atoms with Crippen molar-refractivity contribution < 1.29 is 8.42 Å². The van der Waals surface area contributed by atoms with Crippen molar-refractivity contribution in [1.29, 1.82) is 0 Å². The highest BCUT2D eigenvalue weighted by molar-refractivity contribution is 8.00. The summed E-state index contributed by atoms with van der Waals surface area (Å²) in [5, 5.41) is 0.128. The van der Waals surface area contributed by atoms with Crippen LogP contribution in [-0.4, -0.2) is 35.9 Å². The Morgan fingerprint density at radius 3 is 2.81 bits per heavy atom. The van der Waals surface area contributed by atoms with Gasteiger partial charge in [0.1, 0.15) is 0 Å². The lowest BCUT2D eigenvalue weighted by atomic mass is 9.84. The van der Waals surface area contributed by atoms with Gasteiger partial charge < -0.3 is 4.98 Å². The SMILES string of the molecule is CSC1(CNS(=O)(=O)c2cnc[nH]2)CCC1. The zero-order valence-corrected chi connectivity index (χ0v) is 10.7. The Balaban J connectivity index is 2.00. The van der Waals surface area contributed by atoms with E-state index in [0.717, 1.165) is 12.8 Å². The molecule has 0 aliphatic heterocycles. The van der Waals surface area contributed by atoms with E-state index in [1.54, 1.807) is 11.8 Å². The molecule has 1 aromatic heterocycles. The van der Waals surface area contributed by atoms with E-state index in [2.05, 4.69) is 14.7 Å². The molecule has 0 bridgehead atoms. The Morgan fingerprint density at radius 2 is 2.38 bits per heavy atom. The number of hydrogen-bond donors (Lipinski definition) is 2. The highest BCUT2D eigenvalue weighted by Gasteiger charge is 2.37. The van der Waals surface area contributed by atoms with Crippen LogP contribution >= 0.6 is 11.8 Å². The summed E-state index contributed by atoms with van der Waals surface area (Å²) < 4.78 is 26.3. The summed E-state index contributed by atoms with van der Waals surface area (Å²) in [4.78, 5) is 6.31. The molecule has 0 saturated heterocycles. The second-order valence-corrected chi connectivity index (χ2v) is 6.99. The predicted molar refractivity (Wildman–Crippen MR) is 63.9 cm³/mol. The fourth-order valence-electron chi connectivity index (χ4n) is 1.72. The van der Waals surface area contributed by atoms with Gasteiger partial charge in [0.05, 0.1) is 12.5 Å². The van der Waals surface area contributed by atoms with Gasteiger partial charge in [-0.3, -0.25) is 0 Å². The number of hydrogen-bond acceptors (Lipinski definition) is 4. The van der Waals surface area contributed by atoms with Gasteiger partial charge in [-0.25, -0.2) is 18.1 Å². The van der Waals surface area contributed by atoms with Gasteiger partial charge in [0.2, 0.25) is 0 Å². The number of thioether (sulfide) groups is 1. The first kappa shape index (κ1) is 11.9. The van der Waals surface area contributed by atoms with Crippen LogP contribution in [0, 0.1) is 0 Å². The molecule has 1 aromatic rings. The molecule has 0 unspecified atom stereocenters. The van der Waals surface area contributed by atoms with Crippen LogP contribution in [0.25, 0.3) is 0 Å². The Kier molecular flexibility index (Phi) is 3.27. The molecular weight excluding hydrogens is 246 g/mol. The quantitative estimate of drug-likeness (QED) is 0.828. The number of sulfonamides is 1. The van der Waals surface area contributed by atoms with Crippen molar-refractivity contribution in [3.8, 4) is 0 Å². The number of imidazole rings is 1. The van der Waals surface area contributed by atoms with Crippen LogP contribution in [0.5, 0.6) is 0 Å². The molecule has 1 fully saturated rings. The molecule has 16 heavy (non-hydrogen) atoms. The molecule has 1 aliphatic rings. The number of aromatic nitrogens is 2. The number of rotatable bonds is 5. The molecule has 90 valence electrons. The third-order valence-electron chi connectivity index (χ3n) is 3.04. The molecule has 2 rings (SSSR count). The molecule has 0 aromatic carbocycles. The molecule has 5 nitrogen and oxygen atoms in total. The van der Waals surface area contributed by atoms with Gasteiger partial charge in [0, 0.05) is 11.3 Å². The molecule has 0 atom stereocenters. The van der Waals surface area contributed by atoms with Gasteiger partial charge in [0.15, 0.2) is 5.03 Å². The van der Waals surface area contributed by atoms with Crippen molar-refractivity contribution in [3.05, 3.63) is 12.5 Å². The minimum atomic E-state index is -3.42. The lowest BCUT2D eigenvalue weighted by Crippen LogP contribution is -2.45. The van der Waals surface area contributed by atoms with E-state index in [0.29, 0.717) is 6.54 Å². The molecule has 0 radical (unpaired) electrons. The standard InChI is InChI=1S/C9H15N3O2S2/c1-15-9(3-2-4-9)6-12-16(13,14)8-5-10-7-11-8/h5,7,12H,2-4,6H2,1H3,(H,10,11). The number of nitrogens with one attached hydrogen (secondary N) is 2. The van der Waals surface area contributed by atoms with Crippen molar-refractivity contribution in [2.75, 3.05) is 12.8 Å². The molecule has 0 spiro atoms. The lowest BCUT2D eigenvalue weighted by Gasteiger charge is -2.40. The smallest absolute Gasteiger partial charge is 0.257 e. The normalized spacial score (nSPS) is 19.3. The lowest BCUT2D eigenvalue weighted by molar-refractivity contribution is 0.361. The molecule has 1 heterocycles. The van der Waals surface area contributed by atoms with Crippen molar-refractivity contribution in [3.63, 3.8) is 0 Å². The average molecular weight is 261 g/mol. The van der Waals surface area contributed by atoms with Crippen molar-refractivity contribution in [2.45, 2.75) is 29.0 Å². The molecular formula is C9H15N3O2S2. The molecule has 1 aliphatic carbocycles. The summed E-state index contributed by atoms with van der Waals surface area (Å²) in [6.45, 7) is 0.496. The summed E-state index contributed by atoms with van der Waals surface area (Å²) >= 11 is 1.74. The fraction of sp³-hybridized carbons (Fsp3) is 0.667. The predicted octanol–water partition coefficient (Wildman–Crippen LogP) is 0.974. The van der Waals surface area contributed by atoms with Crippen molar-refractivity contribution in [2.24, 2.45) is 0 Å². The Hall–Kier alpha value is -0.530. The van der Waals surface area contributed by atoms with Crippen LogP contribution in [0.4, 0.5) is 0 Å². The summed E-state index contributed by atoms with van der Waals surface area (Å²) in [5.41, 5.74) is 0. The van der Waals surface area contributed by atoms with Gasteiger partial charge in [-0.1, -0.05) is 6.42 Å². The van der Waals surface area contributed by atoms with E-state index in [1.807, 2.05) is 6.26 Å². The van der Waals surface area contributed by atoms with E-state index < -0.39 is 10.0 Å². The van der Waals surface area contributed by atoms with E-state index in [-0.39, 0.29) is 9.77 Å². The van der Waals surface area contributed by atoms with E-state index in [9.17, 15) is 8.42 Å². The first-order chi connectivity index (χ1) is 7.58. The van der Waals surface area contributed by atoms with Gasteiger partial charge in [0.25, 0.3) is 10.0 Å². The third-order valence-corrected chi connectivity index (χ3v) is 5.79. The number of aromatic amines is 1. The molecule has 7 heteroatoms. The average Bonchev–Trinajstić information content (AvgIpc) is 2.70. The van der Waals surface area contributed by atoms with Crippen molar-refractivity contribution >= 4 is 21.8 Å². The minimum absolute atomic E-state index is 0.104. The summed E-state index contributed by atoms with van der Waals surface area (Å²) in [7, 11) is -3.42. The van der Waals surface area contributed by atoms with Gasteiger partial charge in [-0.15, -0.1) is 0 Å². The number of nitrogens with zero attached hydrogens (tertiary/aromatic N) is 1. The first-order valence-electron chi connectivity index (χ1n) is 5.11. The molecule has 0 amide bonds. The second-order valence-electron chi connectivity index (χ2n) is 3.98. The largest absolute Gasteiger partial charge is 0.335 e. The zero-order chi connectivity index (χ0) is 11.6. The van der Waals surface area contributed by atoms with Gasteiger partial charge in [-0.05, 0) is 19.1 Å². The van der Waals surface area contributed by atoms with E-state index in [4.69, 9.17) is 0 Å². The summed E-state index contributed by atoms with van der Waals surface area (Å²) in [6.07, 6.45) is 8.06. The topological polar surface area (TPSA) is 74.8 Å². The number of H-pyrrole nitrogens is 1. The monoisotopic (exact) mass is 261 g/mol. The second kappa shape index (κ2) is 4.38. The van der Waals surface area contributed by atoms with Crippen LogP contribution in [0.15, 0.2) is 17.6 Å².